The maximum Gasteiger partial charge on any atom is 0.160 e. The minimum absolute atomic E-state index is 0.530. The molecule has 0 radical (unpaired) electrons. The maximum atomic E-state index is 6.79. The lowest BCUT2D eigenvalue weighted by Crippen LogP contribution is -2.28. The molecule has 14 rings (SSSR count). The first kappa shape index (κ1) is 30.4. The van der Waals surface area contributed by atoms with E-state index in [2.05, 4.69) is 174 Å². The second-order valence-corrected chi connectivity index (χ2v) is 15.8. The van der Waals surface area contributed by atoms with Gasteiger partial charge in [0.2, 0.25) is 0 Å². The highest BCUT2D eigenvalue weighted by Crippen LogP contribution is 2.58. The summed E-state index contributed by atoms with van der Waals surface area (Å²) in [5.74, 6) is 0. The monoisotopic (exact) mass is 735 g/mol. The van der Waals surface area contributed by atoms with Crippen LogP contribution in [0.1, 0.15) is 22.3 Å². The Bertz CT molecular complexity index is 3720. The fraction of sp³-hybridized carbons (Fsp3) is 0.0182. The van der Waals surface area contributed by atoms with Gasteiger partial charge in [0.05, 0.1) is 22.0 Å². The minimum atomic E-state index is -0.530. The second-order valence-electron chi connectivity index (χ2n) is 15.8. The summed E-state index contributed by atoms with van der Waals surface area (Å²) in [7, 11) is 0. The molecule has 0 aliphatic heterocycles. The van der Waals surface area contributed by atoms with Gasteiger partial charge < -0.3 is 13.2 Å². The van der Waals surface area contributed by atoms with E-state index in [0.29, 0.717) is 0 Å². The fourth-order valence-electron chi connectivity index (χ4n) is 10.7. The first-order valence-electron chi connectivity index (χ1n) is 19.8. The molecule has 12 aromatic rings. The average Bonchev–Trinajstić information content (AvgIpc) is 4.09. The van der Waals surface area contributed by atoms with Crippen molar-refractivity contribution in [3.63, 3.8) is 0 Å². The van der Waals surface area contributed by atoms with Crippen LogP contribution in [-0.2, 0) is 5.41 Å². The van der Waals surface area contributed by atoms with Gasteiger partial charge >= 0.3 is 0 Å². The number of benzene rings is 8. The smallest absolute Gasteiger partial charge is 0.160 e. The molecule has 0 saturated heterocycles. The number of furan rings is 2. The van der Waals surface area contributed by atoms with Gasteiger partial charge in [-0.2, -0.15) is 0 Å². The zero-order valence-electron chi connectivity index (χ0n) is 31.0. The molecule has 2 aliphatic carbocycles. The van der Waals surface area contributed by atoms with E-state index in [1.54, 1.807) is 0 Å². The molecule has 3 heteroatoms. The van der Waals surface area contributed by atoms with Crippen LogP contribution in [0.2, 0.25) is 0 Å². The third kappa shape index (κ3) is 3.62. The Balaban J connectivity index is 1.12. The number of nitrogens with zero attached hydrogens (tertiary/aromatic N) is 1. The van der Waals surface area contributed by atoms with Crippen LogP contribution in [0.5, 0.6) is 0 Å². The number of fused-ring (bicyclic) bond motifs is 17. The molecular weight excluding hydrogens is 707 g/mol. The number of allylic oxidation sites excluding steroid dienone is 4. The first-order chi connectivity index (χ1) is 28.8. The summed E-state index contributed by atoms with van der Waals surface area (Å²) < 4.78 is 16.0. The Morgan fingerprint density at radius 2 is 1.00 bits per heavy atom. The van der Waals surface area contributed by atoms with Crippen LogP contribution in [0.25, 0.3) is 98.7 Å². The van der Waals surface area contributed by atoms with Crippen molar-refractivity contribution in [3.8, 4) is 11.1 Å². The molecule has 0 atom stereocenters. The van der Waals surface area contributed by atoms with E-state index >= 15 is 0 Å². The number of hydrogen-bond acceptors (Lipinski definition) is 2. The first-order valence-corrected chi connectivity index (χ1v) is 19.8. The van der Waals surface area contributed by atoms with E-state index < -0.39 is 5.41 Å². The van der Waals surface area contributed by atoms with Crippen molar-refractivity contribution < 1.29 is 8.83 Å². The summed E-state index contributed by atoms with van der Waals surface area (Å²) in [5.41, 5.74) is 22.7. The van der Waals surface area contributed by atoms with Crippen molar-refractivity contribution in [1.29, 1.82) is 0 Å². The van der Waals surface area contributed by atoms with Crippen LogP contribution in [0, 0.1) is 0 Å². The second kappa shape index (κ2) is 10.7. The zero-order valence-corrected chi connectivity index (χ0v) is 31.0. The van der Waals surface area contributed by atoms with Gasteiger partial charge in [0.15, 0.2) is 11.2 Å². The van der Waals surface area contributed by atoms with E-state index in [4.69, 9.17) is 8.83 Å². The molecule has 0 saturated carbocycles. The molecule has 58 heavy (non-hydrogen) atoms. The molecule has 8 aromatic carbocycles. The Morgan fingerprint density at radius 1 is 0.448 bits per heavy atom. The van der Waals surface area contributed by atoms with E-state index in [1.165, 1.54) is 44.1 Å². The lowest BCUT2D eigenvalue weighted by molar-refractivity contribution is 0.670. The highest BCUT2D eigenvalue weighted by atomic mass is 16.3. The van der Waals surface area contributed by atoms with Crippen LogP contribution in [0.4, 0.5) is 0 Å². The molecule has 0 fully saturated rings. The van der Waals surface area contributed by atoms with Gasteiger partial charge in [0, 0.05) is 48.7 Å². The molecule has 0 amide bonds. The van der Waals surface area contributed by atoms with Crippen molar-refractivity contribution in [2.45, 2.75) is 5.41 Å². The lowest BCUT2D eigenvalue weighted by Gasteiger charge is -2.34. The van der Waals surface area contributed by atoms with Crippen molar-refractivity contribution >= 4 is 87.5 Å². The highest BCUT2D eigenvalue weighted by Gasteiger charge is 2.48. The van der Waals surface area contributed by atoms with E-state index in [9.17, 15) is 0 Å². The highest BCUT2D eigenvalue weighted by molar-refractivity contribution is 6.32. The minimum Gasteiger partial charge on any atom is -0.454 e. The summed E-state index contributed by atoms with van der Waals surface area (Å²) in [6.45, 7) is 0. The number of aromatic nitrogens is 1. The normalized spacial score (nSPS) is 14.6. The Morgan fingerprint density at radius 3 is 1.60 bits per heavy atom. The van der Waals surface area contributed by atoms with Crippen LogP contribution < -0.4 is 0 Å². The van der Waals surface area contributed by atoms with Crippen molar-refractivity contribution in [2.24, 2.45) is 0 Å². The molecular formula is C55H29NO2. The van der Waals surface area contributed by atoms with Crippen LogP contribution in [0.15, 0.2) is 202 Å². The summed E-state index contributed by atoms with van der Waals surface area (Å²) >= 11 is 0. The summed E-state index contributed by atoms with van der Waals surface area (Å²) in [6, 6.07) is 59.5. The topological polar surface area (TPSA) is 30.7 Å². The van der Waals surface area contributed by atoms with Crippen molar-refractivity contribution in [3.05, 3.63) is 215 Å². The Hall–Kier alpha value is -7.80. The van der Waals surface area contributed by atoms with Crippen molar-refractivity contribution in [2.75, 3.05) is 0 Å². The summed E-state index contributed by atoms with van der Waals surface area (Å²) in [5, 5.41) is 9.15. The van der Waals surface area contributed by atoms with Gasteiger partial charge in [-0.1, -0.05) is 133 Å². The number of rotatable bonds is 3. The molecule has 4 heterocycles. The number of para-hydroxylation sites is 2. The third-order valence-corrected chi connectivity index (χ3v) is 13.0. The third-order valence-electron chi connectivity index (χ3n) is 13.0. The molecule has 2 aliphatic rings. The SMILES string of the molecule is C1=C=C2C(=CC=1)C(c1ccccc1)(c1ccccc1)c1cc(-c3cc4c5ccc6c7ccccc7oc6c5n5c4c(c3)c3ccc4c6ccccc6oc4c35)ccc12. The van der Waals surface area contributed by atoms with Gasteiger partial charge in [0.25, 0.3) is 0 Å². The Kier molecular flexibility index (Phi) is 5.63. The van der Waals surface area contributed by atoms with Crippen LogP contribution in [-0.4, -0.2) is 4.40 Å². The fourth-order valence-corrected chi connectivity index (χ4v) is 10.7. The van der Waals surface area contributed by atoms with Crippen molar-refractivity contribution in [1.82, 2.24) is 4.40 Å². The zero-order chi connectivity index (χ0) is 37.7. The largest absolute Gasteiger partial charge is 0.454 e. The molecule has 4 aromatic heterocycles. The molecule has 0 unspecified atom stereocenters. The Labute approximate surface area is 331 Å². The van der Waals surface area contributed by atoms with E-state index in [-0.39, 0.29) is 0 Å². The average molecular weight is 736 g/mol. The van der Waals surface area contributed by atoms with Gasteiger partial charge in [-0.05, 0) is 93.6 Å². The summed E-state index contributed by atoms with van der Waals surface area (Å²) in [4.78, 5) is 0. The van der Waals surface area contributed by atoms with Gasteiger partial charge in [-0.15, -0.1) is 0 Å². The van der Waals surface area contributed by atoms with Crippen LogP contribution in [0.3, 0.4) is 0 Å². The predicted molar refractivity (Wildman–Crippen MR) is 237 cm³/mol. The van der Waals surface area contributed by atoms with Crippen LogP contribution >= 0.6 is 0 Å². The number of hydrogen-bond donors (Lipinski definition) is 0. The molecule has 266 valence electrons. The molecule has 0 spiro atoms. The lowest BCUT2D eigenvalue weighted by atomic mass is 9.67. The standard InChI is InChI=1S/C55H29NO2/c1-3-13-34(14-4-1)55(35-15-5-2-6-16-35)46-20-10-7-17-36(46)37-24-23-32(31-47(37)55)33-29-44-40-25-27-42-38-18-8-11-21-48(38)57-53(42)51(40)56-50(44)45(30-33)41-26-28-43-39-19-9-12-22-49(39)58-54(43)52(41)56/h1-6,8-16,18-31H. The van der Waals surface area contributed by atoms with E-state index in [0.717, 1.165) is 82.4 Å². The molecule has 0 bridgehead atoms. The maximum absolute atomic E-state index is 6.79. The predicted octanol–water partition coefficient (Wildman–Crippen LogP) is 14.3. The van der Waals surface area contributed by atoms with Gasteiger partial charge in [0.1, 0.15) is 11.2 Å². The van der Waals surface area contributed by atoms with Gasteiger partial charge in [-0.25, -0.2) is 0 Å². The summed E-state index contributed by atoms with van der Waals surface area (Å²) in [6.07, 6.45) is 4.24. The molecule has 3 nitrogen and oxygen atoms in total. The quantitative estimate of drug-likeness (QED) is 0.169. The van der Waals surface area contributed by atoms with E-state index in [1.807, 2.05) is 18.2 Å². The van der Waals surface area contributed by atoms with Gasteiger partial charge in [-0.3, -0.25) is 0 Å². The molecule has 0 N–H and O–H groups in total.